The Labute approximate surface area is 186 Å². The second-order valence-corrected chi connectivity index (χ2v) is 10.6. The zero-order chi connectivity index (χ0) is 23.0. The highest BCUT2D eigenvalue weighted by Crippen LogP contribution is 2.49. The summed E-state index contributed by atoms with van der Waals surface area (Å²) >= 11 is 0. The first-order valence-electron chi connectivity index (χ1n) is 11.4. The number of carbonyl (C=O) groups excluding carboxylic acids is 3. The Balaban J connectivity index is 1.73. The Bertz CT molecular complexity index is 919. The molecule has 1 aromatic carbocycles. The predicted octanol–water partition coefficient (Wildman–Crippen LogP) is 4.78. The summed E-state index contributed by atoms with van der Waals surface area (Å²) in [5, 5.41) is 3.15. The van der Waals surface area contributed by atoms with Crippen molar-refractivity contribution in [3.05, 3.63) is 34.4 Å². The van der Waals surface area contributed by atoms with Crippen LogP contribution in [0.25, 0.3) is 0 Å². The number of nitrogens with one attached hydrogen (secondary N) is 1. The number of ketones is 2. The molecule has 1 aromatic rings. The molecule has 0 radical (unpaired) electrons. The topological polar surface area (TPSA) is 63.2 Å². The lowest BCUT2D eigenvalue weighted by atomic mass is 9.60. The highest BCUT2D eigenvalue weighted by molar-refractivity contribution is 6.10. The van der Waals surface area contributed by atoms with Crippen molar-refractivity contribution in [2.75, 3.05) is 0 Å². The Hall–Kier alpha value is -2.41. The molecule has 3 rings (SSSR count). The molecule has 1 N–H and O–H groups in total. The van der Waals surface area contributed by atoms with E-state index in [0.717, 1.165) is 47.9 Å². The fraction of sp³-hybridized carbons (Fsp3) is 0.593. The minimum Gasteiger partial charge on any atom is -0.353 e. The van der Waals surface area contributed by atoms with E-state index in [2.05, 4.69) is 17.2 Å². The molecule has 0 bridgehead atoms. The standard InChI is InChI=1S/C27H35NO3/c1-7-8-19-13-17(2)23(18(3)14-19)24-21(29)15-27(16-22(24)30)11-9-20(10-12-27)28-25(31)26(4,5)6/h13-14,20,24H,9-12,15-16H2,1-6H3,(H,28,31). The fourth-order valence-corrected chi connectivity index (χ4v) is 5.28. The van der Waals surface area contributed by atoms with E-state index in [0.29, 0.717) is 12.8 Å². The smallest absolute Gasteiger partial charge is 0.225 e. The van der Waals surface area contributed by atoms with E-state index in [1.54, 1.807) is 6.92 Å². The number of hydrogen-bond acceptors (Lipinski definition) is 3. The van der Waals surface area contributed by atoms with Crippen LogP contribution in [0.5, 0.6) is 0 Å². The second-order valence-electron chi connectivity index (χ2n) is 10.6. The zero-order valence-corrected chi connectivity index (χ0v) is 19.8. The van der Waals surface area contributed by atoms with Gasteiger partial charge in [-0.3, -0.25) is 14.4 Å². The molecule has 2 aliphatic carbocycles. The predicted molar refractivity (Wildman–Crippen MR) is 123 cm³/mol. The maximum absolute atomic E-state index is 13.3. The largest absolute Gasteiger partial charge is 0.353 e. The lowest BCUT2D eigenvalue weighted by molar-refractivity contribution is -0.138. The maximum Gasteiger partial charge on any atom is 0.225 e. The van der Waals surface area contributed by atoms with Gasteiger partial charge in [0.2, 0.25) is 5.91 Å². The summed E-state index contributed by atoms with van der Waals surface area (Å²) in [4.78, 5) is 38.8. The van der Waals surface area contributed by atoms with Gasteiger partial charge < -0.3 is 5.32 Å². The molecule has 2 fully saturated rings. The van der Waals surface area contributed by atoms with Crippen LogP contribution in [0, 0.1) is 36.5 Å². The lowest BCUT2D eigenvalue weighted by Gasteiger charge is -2.44. The Morgan fingerprint density at radius 1 is 1.03 bits per heavy atom. The minimum absolute atomic E-state index is 0.0500. The van der Waals surface area contributed by atoms with E-state index in [-0.39, 0.29) is 28.9 Å². The molecule has 0 atom stereocenters. The van der Waals surface area contributed by atoms with Gasteiger partial charge in [0.15, 0.2) is 0 Å². The summed E-state index contributed by atoms with van der Waals surface area (Å²) in [6, 6.07) is 4.09. The van der Waals surface area contributed by atoms with Crippen LogP contribution < -0.4 is 5.32 Å². The fourth-order valence-electron chi connectivity index (χ4n) is 5.28. The highest BCUT2D eigenvalue weighted by atomic mass is 16.2. The second kappa shape index (κ2) is 8.61. The molecule has 1 amide bonds. The molecule has 2 aliphatic rings. The number of Topliss-reactive ketones (excluding diaryl/α,β-unsaturated/α-hetero) is 2. The molecular weight excluding hydrogens is 386 g/mol. The van der Waals surface area contributed by atoms with Crippen molar-refractivity contribution in [2.45, 2.75) is 92.0 Å². The number of aryl methyl sites for hydroxylation is 2. The SMILES string of the molecule is CC#Cc1cc(C)c(C2C(=O)CC3(CCC(NC(=O)C(C)(C)C)CC3)CC2=O)c(C)c1. The van der Waals surface area contributed by atoms with Gasteiger partial charge in [-0.2, -0.15) is 0 Å². The van der Waals surface area contributed by atoms with E-state index in [1.165, 1.54) is 0 Å². The van der Waals surface area contributed by atoms with Crippen LogP contribution in [0.3, 0.4) is 0 Å². The first-order chi connectivity index (χ1) is 14.5. The molecule has 0 aromatic heterocycles. The summed E-state index contributed by atoms with van der Waals surface area (Å²) in [6.07, 6.45) is 4.20. The van der Waals surface area contributed by atoms with Crippen molar-refractivity contribution in [2.24, 2.45) is 10.8 Å². The Morgan fingerprint density at radius 2 is 1.55 bits per heavy atom. The molecular formula is C27H35NO3. The van der Waals surface area contributed by atoms with Crippen molar-refractivity contribution >= 4 is 17.5 Å². The molecule has 4 heteroatoms. The normalized spacial score (nSPS) is 26.4. The molecule has 1 spiro atoms. The van der Waals surface area contributed by atoms with Crippen molar-refractivity contribution in [1.29, 1.82) is 0 Å². The third kappa shape index (κ3) is 4.92. The van der Waals surface area contributed by atoms with Gasteiger partial charge in [-0.1, -0.05) is 26.7 Å². The summed E-state index contributed by atoms with van der Waals surface area (Å²) in [5.74, 6) is 5.49. The van der Waals surface area contributed by atoms with Gasteiger partial charge in [-0.05, 0) is 80.7 Å². The third-order valence-corrected chi connectivity index (χ3v) is 6.96. The number of amides is 1. The third-order valence-electron chi connectivity index (χ3n) is 6.96. The molecule has 0 aliphatic heterocycles. The van der Waals surface area contributed by atoms with E-state index < -0.39 is 11.3 Å². The maximum atomic E-state index is 13.3. The quantitative estimate of drug-likeness (QED) is 0.552. The van der Waals surface area contributed by atoms with Gasteiger partial charge in [-0.15, -0.1) is 5.92 Å². The summed E-state index contributed by atoms with van der Waals surface area (Å²) in [6.45, 7) is 11.5. The minimum atomic E-state index is -0.646. The van der Waals surface area contributed by atoms with Crippen LogP contribution in [0.15, 0.2) is 12.1 Å². The van der Waals surface area contributed by atoms with Gasteiger partial charge in [0, 0.05) is 29.9 Å². The van der Waals surface area contributed by atoms with Crippen LogP contribution in [0.2, 0.25) is 0 Å². The Kier molecular flexibility index (Phi) is 6.46. The zero-order valence-electron chi connectivity index (χ0n) is 19.8. The van der Waals surface area contributed by atoms with Crippen molar-refractivity contribution in [1.82, 2.24) is 5.32 Å². The van der Waals surface area contributed by atoms with Crippen LogP contribution in [-0.4, -0.2) is 23.5 Å². The van der Waals surface area contributed by atoms with Crippen LogP contribution in [0.4, 0.5) is 0 Å². The summed E-state index contributed by atoms with van der Waals surface area (Å²) in [5.41, 5.74) is 3.08. The summed E-state index contributed by atoms with van der Waals surface area (Å²) in [7, 11) is 0. The van der Waals surface area contributed by atoms with Gasteiger partial charge in [-0.25, -0.2) is 0 Å². The van der Waals surface area contributed by atoms with Crippen molar-refractivity contribution in [3.63, 3.8) is 0 Å². The van der Waals surface area contributed by atoms with Crippen LogP contribution in [-0.2, 0) is 14.4 Å². The molecule has 4 nitrogen and oxygen atoms in total. The van der Waals surface area contributed by atoms with Gasteiger partial charge in [0.1, 0.15) is 17.5 Å². The lowest BCUT2D eigenvalue weighted by Crippen LogP contribution is -2.47. The van der Waals surface area contributed by atoms with Gasteiger partial charge >= 0.3 is 0 Å². The molecule has 0 unspecified atom stereocenters. The molecule has 166 valence electrons. The molecule has 31 heavy (non-hydrogen) atoms. The number of rotatable bonds is 2. The molecule has 0 saturated heterocycles. The molecule has 0 heterocycles. The van der Waals surface area contributed by atoms with Gasteiger partial charge in [0.25, 0.3) is 0 Å². The van der Waals surface area contributed by atoms with E-state index in [4.69, 9.17) is 0 Å². The summed E-state index contributed by atoms with van der Waals surface area (Å²) < 4.78 is 0. The average molecular weight is 422 g/mol. The first-order valence-corrected chi connectivity index (χ1v) is 11.4. The van der Waals surface area contributed by atoms with E-state index in [1.807, 2.05) is 46.8 Å². The average Bonchev–Trinajstić information content (AvgIpc) is 2.65. The van der Waals surface area contributed by atoms with E-state index in [9.17, 15) is 14.4 Å². The number of benzene rings is 1. The molecule has 2 saturated carbocycles. The van der Waals surface area contributed by atoms with Crippen molar-refractivity contribution < 1.29 is 14.4 Å². The number of hydrogen-bond donors (Lipinski definition) is 1. The van der Waals surface area contributed by atoms with Crippen LogP contribution >= 0.6 is 0 Å². The van der Waals surface area contributed by atoms with Crippen molar-refractivity contribution in [3.8, 4) is 11.8 Å². The van der Waals surface area contributed by atoms with Gasteiger partial charge in [0.05, 0.1) is 0 Å². The Morgan fingerprint density at radius 3 is 2.00 bits per heavy atom. The van der Waals surface area contributed by atoms with Crippen LogP contribution in [0.1, 0.15) is 94.4 Å². The highest BCUT2D eigenvalue weighted by Gasteiger charge is 2.47. The van der Waals surface area contributed by atoms with E-state index >= 15 is 0 Å². The first kappa shape index (κ1) is 23.3. The monoisotopic (exact) mass is 421 g/mol. The number of carbonyl (C=O) groups is 3.